The van der Waals surface area contributed by atoms with Crippen LogP contribution >= 0.6 is 11.8 Å². The standard InChI is InChI=1S/C21H32N2O4SSi/c1-7-16-18(24)22-20(25)23(19(16)28-15-11-9-8-10-12-15)14-26-13-17(21(2,3)4)27-29(5)6/h8-12,17,29H,7,13-14H2,1-6H3,(H,22,24,25). The third-order valence-corrected chi connectivity index (χ3v) is 6.49. The van der Waals surface area contributed by atoms with Gasteiger partial charge in [0.25, 0.3) is 5.56 Å². The summed E-state index contributed by atoms with van der Waals surface area (Å²) in [4.78, 5) is 28.3. The largest absolute Gasteiger partial charge is 0.415 e. The highest BCUT2D eigenvalue weighted by atomic mass is 32.2. The number of H-pyrrole nitrogens is 1. The molecule has 0 aliphatic heterocycles. The predicted octanol–water partition coefficient (Wildman–Crippen LogP) is 3.64. The minimum atomic E-state index is -1.23. The van der Waals surface area contributed by atoms with Crippen molar-refractivity contribution in [3.63, 3.8) is 0 Å². The van der Waals surface area contributed by atoms with Crippen molar-refractivity contribution < 1.29 is 9.16 Å². The summed E-state index contributed by atoms with van der Waals surface area (Å²) in [5.41, 5.74) is -0.282. The maximum absolute atomic E-state index is 12.6. The molecule has 0 saturated carbocycles. The van der Waals surface area contributed by atoms with Crippen LogP contribution in [0.2, 0.25) is 13.1 Å². The van der Waals surface area contributed by atoms with E-state index in [1.165, 1.54) is 16.3 Å². The van der Waals surface area contributed by atoms with Crippen LogP contribution in [-0.2, 0) is 22.3 Å². The minimum absolute atomic E-state index is 0.0523. The Hall–Kier alpha value is -1.61. The van der Waals surface area contributed by atoms with Gasteiger partial charge in [-0.25, -0.2) is 4.79 Å². The van der Waals surface area contributed by atoms with E-state index >= 15 is 0 Å². The lowest BCUT2D eigenvalue weighted by molar-refractivity contribution is -0.0314. The van der Waals surface area contributed by atoms with Crippen LogP contribution in [-0.4, -0.2) is 31.3 Å². The molecule has 6 nitrogen and oxygen atoms in total. The van der Waals surface area contributed by atoms with Gasteiger partial charge in [0.15, 0.2) is 9.04 Å². The Kier molecular flexibility index (Phi) is 8.51. The maximum Gasteiger partial charge on any atom is 0.331 e. The molecule has 8 heteroatoms. The Labute approximate surface area is 178 Å². The van der Waals surface area contributed by atoms with E-state index in [9.17, 15) is 9.59 Å². The van der Waals surface area contributed by atoms with Crippen LogP contribution in [0.5, 0.6) is 0 Å². The van der Waals surface area contributed by atoms with Crippen molar-refractivity contribution in [2.75, 3.05) is 6.61 Å². The molecule has 0 saturated heterocycles. The van der Waals surface area contributed by atoms with Crippen molar-refractivity contribution in [1.82, 2.24) is 9.55 Å². The molecule has 0 radical (unpaired) electrons. The Morgan fingerprint density at radius 1 is 1.17 bits per heavy atom. The fourth-order valence-corrected chi connectivity index (χ4v) is 5.08. The van der Waals surface area contributed by atoms with Gasteiger partial charge in [-0.1, -0.05) is 57.7 Å². The number of hydrogen-bond acceptors (Lipinski definition) is 5. The van der Waals surface area contributed by atoms with Gasteiger partial charge in [-0.3, -0.25) is 14.3 Å². The van der Waals surface area contributed by atoms with Gasteiger partial charge in [-0.05, 0) is 37.1 Å². The average molecular weight is 437 g/mol. The number of aromatic amines is 1. The average Bonchev–Trinajstić information content (AvgIpc) is 2.63. The molecule has 2 aromatic rings. The van der Waals surface area contributed by atoms with Crippen LogP contribution in [0.1, 0.15) is 33.3 Å². The minimum Gasteiger partial charge on any atom is -0.415 e. The SMILES string of the molecule is CCc1c(Sc2ccccc2)n(COCC(O[SiH](C)C)C(C)(C)C)c(=O)[nH]c1=O. The first-order chi connectivity index (χ1) is 13.6. The van der Waals surface area contributed by atoms with Gasteiger partial charge < -0.3 is 9.16 Å². The van der Waals surface area contributed by atoms with Crippen LogP contribution < -0.4 is 11.2 Å². The molecule has 1 heterocycles. The molecule has 1 atom stereocenters. The lowest BCUT2D eigenvalue weighted by Crippen LogP contribution is -2.39. The Morgan fingerprint density at radius 3 is 2.38 bits per heavy atom. The fourth-order valence-electron chi connectivity index (χ4n) is 2.81. The molecule has 1 unspecified atom stereocenters. The third kappa shape index (κ3) is 6.70. The van der Waals surface area contributed by atoms with Gasteiger partial charge >= 0.3 is 5.69 Å². The zero-order chi connectivity index (χ0) is 21.6. The van der Waals surface area contributed by atoms with Gasteiger partial charge in [-0.2, -0.15) is 0 Å². The van der Waals surface area contributed by atoms with E-state index in [0.29, 0.717) is 23.6 Å². The summed E-state index contributed by atoms with van der Waals surface area (Å²) in [7, 11) is -1.23. The highest BCUT2D eigenvalue weighted by Crippen LogP contribution is 2.29. The normalized spacial score (nSPS) is 13.1. The number of ether oxygens (including phenoxy) is 1. The zero-order valence-electron chi connectivity index (χ0n) is 18.2. The Balaban J connectivity index is 2.29. The van der Waals surface area contributed by atoms with Crippen molar-refractivity contribution in [2.24, 2.45) is 5.41 Å². The molecule has 1 N–H and O–H groups in total. The molecule has 1 aromatic carbocycles. The number of benzene rings is 1. The summed E-state index contributed by atoms with van der Waals surface area (Å²) in [5, 5.41) is 0.624. The monoisotopic (exact) mass is 436 g/mol. The lowest BCUT2D eigenvalue weighted by Gasteiger charge is -2.32. The van der Waals surface area contributed by atoms with Gasteiger partial charge in [-0.15, -0.1) is 0 Å². The van der Waals surface area contributed by atoms with E-state index in [-0.39, 0.29) is 23.8 Å². The number of aromatic nitrogens is 2. The van der Waals surface area contributed by atoms with Gasteiger partial charge in [0.05, 0.1) is 17.7 Å². The van der Waals surface area contributed by atoms with Gasteiger partial charge in [0, 0.05) is 10.5 Å². The van der Waals surface area contributed by atoms with Crippen LogP contribution in [0.25, 0.3) is 0 Å². The molecule has 0 aliphatic carbocycles. The number of nitrogens with zero attached hydrogens (tertiary/aromatic N) is 1. The van der Waals surface area contributed by atoms with E-state index in [0.717, 1.165) is 4.90 Å². The third-order valence-electron chi connectivity index (χ3n) is 4.45. The van der Waals surface area contributed by atoms with E-state index in [1.807, 2.05) is 37.3 Å². The molecule has 2 rings (SSSR count). The molecule has 29 heavy (non-hydrogen) atoms. The quantitative estimate of drug-likeness (QED) is 0.480. The molecule has 160 valence electrons. The van der Waals surface area contributed by atoms with Crippen LogP contribution in [0.3, 0.4) is 0 Å². The van der Waals surface area contributed by atoms with E-state index in [2.05, 4.69) is 38.8 Å². The molecular formula is C21H32N2O4SSi. The Bertz CT molecular complexity index is 904. The topological polar surface area (TPSA) is 73.3 Å². The van der Waals surface area contributed by atoms with Crippen LogP contribution in [0.4, 0.5) is 0 Å². The second kappa shape index (κ2) is 10.4. The highest BCUT2D eigenvalue weighted by Gasteiger charge is 2.27. The first-order valence-corrected chi connectivity index (χ1v) is 13.5. The lowest BCUT2D eigenvalue weighted by atomic mass is 9.90. The molecule has 0 amide bonds. The number of hydrogen-bond donors (Lipinski definition) is 1. The zero-order valence-corrected chi connectivity index (χ0v) is 20.1. The summed E-state index contributed by atoms with van der Waals surface area (Å²) in [5.74, 6) is 0. The number of nitrogens with one attached hydrogen (secondary N) is 1. The second-order valence-electron chi connectivity index (χ2n) is 8.28. The van der Waals surface area contributed by atoms with Crippen molar-refractivity contribution in [1.29, 1.82) is 0 Å². The van der Waals surface area contributed by atoms with Crippen molar-refractivity contribution in [3.05, 3.63) is 56.7 Å². The van der Waals surface area contributed by atoms with E-state index in [4.69, 9.17) is 9.16 Å². The summed E-state index contributed by atoms with van der Waals surface area (Å²) in [6.07, 6.45) is 0.473. The molecular weight excluding hydrogens is 404 g/mol. The molecule has 0 spiro atoms. The van der Waals surface area contributed by atoms with Crippen LogP contribution in [0, 0.1) is 5.41 Å². The van der Waals surface area contributed by atoms with Crippen LogP contribution in [0.15, 0.2) is 49.8 Å². The molecule has 0 aliphatic rings. The van der Waals surface area contributed by atoms with Gasteiger partial charge in [0.1, 0.15) is 6.73 Å². The smallest absolute Gasteiger partial charge is 0.331 e. The second-order valence-corrected chi connectivity index (χ2v) is 11.7. The summed E-state index contributed by atoms with van der Waals surface area (Å²) >= 11 is 1.41. The summed E-state index contributed by atoms with van der Waals surface area (Å²) in [6.45, 7) is 13.0. The van der Waals surface area contributed by atoms with E-state index in [1.54, 1.807) is 0 Å². The fraction of sp³-hybridized carbons (Fsp3) is 0.524. The van der Waals surface area contributed by atoms with Crippen molar-refractivity contribution in [3.8, 4) is 0 Å². The first-order valence-electron chi connectivity index (χ1n) is 9.95. The van der Waals surface area contributed by atoms with Gasteiger partial charge in [0.2, 0.25) is 0 Å². The maximum atomic E-state index is 12.6. The van der Waals surface area contributed by atoms with Crippen molar-refractivity contribution in [2.45, 2.75) is 70.0 Å². The molecule has 1 aromatic heterocycles. The molecule has 0 bridgehead atoms. The summed E-state index contributed by atoms with van der Waals surface area (Å²) in [6, 6.07) is 9.71. The predicted molar refractivity (Wildman–Crippen MR) is 120 cm³/mol. The van der Waals surface area contributed by atoms with E-state index < -0.39 is 14.7 Å². The first kappa shape index (κ1) is 23.7. The Morgan fingerprint density at radius 2 is 1.83 bits per heavy atom. The number of rotatable bonds is 9. The molecule has 0 fully saturated rings. The summed E-state index contributed by atoms with van der Waals surface area (Å²) < 4.78 is 13.6. The highest BCUT2D eigenvalue weighted by molar-refractivity contribution is 7.99. The van der Waals surface area contributed by atoms with Crippen molar-refractivity contribution >= 4 is 20.8 Å².